The first-order chi connectivity index (χ1) is 8.60. The fraction of sp³-hybridized carbons (Fsp3) is 0.933. The number of hydrogen-bond donors (Lipinski definition) is 0. The van der Waals surface area contributed by atoms with Crippen molar-refractivity contribution in [3.8, 4) is 0 Å². The van der Waals surface area contributed by atoms with Crippen LogP contribution in [0.3, 0.4) is 0 Å². The first-order valence-electron chi connectivity index (χ1n) is 7.49. The van der Waals surface area contributed by atoms with E-state index >= 15 is 0 Å². The van der Waals surface area contributed by atoms with Crippen molar-refractivity contribution >= 4 is 5.91 Å². The van der Waals surface area contributed by atoms with E-state index in [-0.39, 0.29) is 5.91 Å². The molecule has 0 aromatic rings. The maximum absolute atomic E-state index is 13.7. The molecule has 4 heteroatoms. The molecule has 0 bridgehead atoms. The number of amides is 1. The highest BCUT2D eigenvalue weighted by atomic mass is 16.6. The topological polar surface area (TPSA) is 43.4 Å². The molecular weight excluding hydrogens is 240 g/mol. The molecule has 1 aliphatic heterocycles. The van der Waals surface area contributed by atoms with Crippen LogP contribution in [0.5, 0.6) is 0 Å². The van der Waals surface area contributed by atoms with Crippen LogP contribution in [0, 0.1) is 5.21 Å². The molecule has 1 amide bonds. The van der Waals surface area contributed by atoms with E-state index < -0.39 is 15.8 Å². The maximum atomic E-state index is 13.7. The Balaban J connectivity index is 3.22. The third-order valence-electron chi connectivity index (χ3n) is 4.65. The predicted octanol–water partition coefficient (Wildman–Crippen LogP) is 3.61. The number of hydrogen-bond acceptors (Lipinski definition) is 2. The van der Waals surface area contributed by atoms with Crippen molar-refractivity contribution in [1.29, 1.82) is 0 Å². The zero-order valence-corrected chi connectivity index (χ0v) is 13.5. The summed E-state index contributed by atoms with van der Waals surface area (Å²) in [5.41, 5.74) is -0.887. The van der Waals surface area contributed by atoms with Gasteiger partial charge in [0.2, 0.25) is 0 Å². The Morgan fingerprint density at radius 3 is 2.05 bits per heavy atom. The molecule has 0 aromatic carbocycles. The van der Waals surface area contributed by atoms with Crippen molar-refractivity contribution in [2.75, 3.05) is 6.54 Å². The quantitative estimate of drug-likeness (QED) is 0.578. The molecule has 0 unspecified atom stereocenters. The molecule has 1 fully saturated rings. The largest absolute Gasteiger partial charge is 0.605 e. The molecule has 1 rings (SSSR count). The average molecular weight is 270 g/mol. The molecule has 1 heterocycles. The Kier molecular flexibility index (Phi) is 4.68. The molecule has 0 aromatic heterocycles. The highest BCUT2D eigenvalue weighted by Gasteiger charge is 2.55. The van der Waals surface area contributed by atoms with E-state index in [9.17, 15) is 10.0 Å². The van der Waals surface area contributed by atoms with Crippen molar-refractivity contribution in [1.82, 2.24) is 5.01 Å². The smallest absolute Gasteiger partial charge is 0.264 e. The average Bonchev–Trinajstić information content (AvgIpc) is 2.26. The van der Waals surface area contributed by atoms with Gasteiger partial charge in [0.25, 0.3) is 5.91 Å². The van der Waals surface area contributed by atoms with Gasteiger partial charge in [-0.3, -0.25) is 4.79 Å². The first kappa shape index (κ1) is 16.4. The van der Waals surface area contributed by atoms with Crippen LogP contribution in [0.25, 0.3) is 0 Å². The van der Waals surface area contributed by atoms with E-state index in [0.29, 0.717) is 6.54 Å². The third kappa shape index (κ3) is 2.65. The monoisotopic (exact) mass is 270 g/mol. The van der Waals surface area contributed by atoms with Gasteiger partial charge in [-0.1, -0.05) is 13.3 Å². The summed E-state index contributed by atoms with van der Waals surface area (Å²) >= 11 is 0. The van der Waals surface area contributed by atoms with Crippen molar-refractivity contribution < 1.29 is 9.55 Å². The van der Waals surface area contributed by atoms with Gasteiger partial charge in [-0.05, 0) is 40.5 Å². The van der Waals surface area contributed by atoms with E-state index in [0.717, 1.165) is 32.1 Å². The standard InChI is InChI=1S/C15H30N2O2/c1-7-8-12-16(13(2)18)17(19)14(3,4)10-9-11-15(17,5)6/h7-12H2,1-6H3. The number of quaternary nitrogens is 1. The van der Waals surface area contributed by atoms with Crippen LogP contribution in [0.15, 0.2) is 0 Å². The van der Waals surface area contributed by atoms with Gasteiger partial charge in [-0.15, -0.1) is 0 Å². The van der Waals surface area contributed by atoms with Gasteiger partial charge < -0.3 is 5.21 Å². The fourth-order valence-corrected chi connectivity index (χ4v) is 3.53. The normalized spacial score (nSPS) is 23.9. The highest BCUT2D eigenvalue weighted by Crippen LogP contribution is 2.46. The SMILES string of the molecule is CCCCN(C(C)=O)[N+]1([O-])C(C)(C)CCCC1(C)C. The zero-order valence-electron chi connectivity index (χ0n) is 13.5. The number of unbranched alkanes of at least 4 members (excludes halogenated alkanes) is 1. The van der Waals surface area contributed by atoms with Crippen LogP contribution in [-0.2, 0) is 4.79 Å². The fourth-order valence-electron chi connectivity index (χ4n) is 3.53. The summed E-state index contributed by atoms with van der Waals surface area (Å²) in [5, 5.41) is 15.3. The number of rotatable bonds is 4. The summed E-state index contributed by atoms with van der Waals surface area (Å²) in [5.74, 6) is -0.105. The van der Waals surface area contributed by atoms with Gasteiger partial charge in [0.1, 0.15) is 11.1 Å². The Morgan fingerprint density at radius 1 is 1.21 bits per heavy atom. The van der Waals surface area contributed by atoms with Gasteiger partial charge in [-0.25, -0.2) is 4.76 Å². The number of nitrogens with zero attached hydrogens (tertiary/aromatic N) is 2. The molecule has 0 spiro atoms. The second-order valence-electron chi connectivity index (χ2n) is 7.05. The van der Waals surface area contributed by atoms with Gasteiger partial charge in [0.05, 0.1) is 6.54 Å². The Hall–Kier alpha value is -0.610. The molecule has 4 nitrogen and oxygen atoms in total. The van der Waals surface area contributed by atoms with E-state index in [4.69, 9.17) is 0 Å². The second kappa shape index (κ2) is 5.41. The van der Waals surface area contributed by atoms with E-state index in [1.54, 1.807) is 5.01 Å². The molecule has 0 radical (unpaired) electrons. The lowest BCUT2D eigenvalue weighted by Gasteiger charge is -2.67. The lowest BCUT2D eigenvalue weighted by Crippen LogP contribution is -2.77. The maximum Gasteiger partial charge on any atom is 0.264 e. The van der Waals surface area contributed by atoms with Crippen LogP contribution < -0.4 is 0 Å². The first-order valence-corrected chi connectivity index (χ1v) is 7.49. The molecule has 0 atom stereocenters. The Bertz CT molecular complexity index is 321. The summed E-state index contributed by atoms with van der Waals surface area (Å²) in [4.78, 5) is 12.0. The Morgan fingerprint density at radius 2 is 1.68 bits per heavy atom. The van der Waals surface area contributed by atoms with Gasteiger partial charge >= 0.3 is 0 Å². The van der Waals surface area contributed by atoms with Gasteiger partial charge in [0.15, 0.2) is 0 Å². The summed E-state index contributed by atoms with van der Waals surface area (Å²) in [6.45, 7) is 12.2. The molecule has 1 aliphatic rings. The Labute approximate surface area is 117 Å². The molecule has 0 saturated carbocycles. The van der Waals surface area contributed by atoms with E-state index in [1.165, 1.54) is 6.92 Å². The molecule has 0 N–H and O–H groups in total. The molecule has 1 saturated heterocycles. The van der Waals surface area contributed by atoms with Crippen LogP contribution in [0.2, 0.25) is 0 Å². The van der Waals surface area contributed by atoms with Gasteiger partial charge in [-0.2, -0.15) is 5.01 Å². The minimum atomic E-state index is -0.505. The molecule has 0 aliphatic carbocycles. The predicted molar refractivity (Wildman–Crippen MR) is 77.9 cm³/mol. The molecular formula is C15H30N2O2. The zero-order chi connectivity index (χ0) is 14.9. The van der Waals surface area contributed by atoms with E-state index in [1.807, 2.05) is 27.7 Å². The van der Waals surface area contributed by atoms with Crippen LogP contribution in [0.4, 0.5) is 0 Å². The molecule has 112 valence electrons. The molecule has 19 heavy (non-hydrogen) atoms. The summed E-state index contributed by atoms with van der Waals surface area (Å²) in [7, 11) is 0. The van der Waals surface area contributed by atoms with Crippen molar-refractivity contribution in [3.63, 3.8) is 0 Å². The lowest BCUT2D eigenvalue weighted by atomic mass is 9.80. The lowest BCUT2D eigenvalue weighted by molar-refractivity contribution is -1.06. The summed E-state index contributed by atoms with van der Waals surface area (Å²) < 4.78 is -0.505. The second-order valence-corrected chi connectivity index (χ2v) is 7.05. The van der Waals surface area contributed by atoms with Crippen molar-refractivity contribution in [3.05, 3.63) is 5.21 Å². The summed E-state index contributed by atoms with van der Waals surface area (Å²) in [6, 6.07) is 0. The number of carbonyl (C=O) groups excluding carboxylic acids is 1. The third-order valence-corrected chi connectivity index (χ3v) is 4.65. The minimum absolute atomic E-state index is 0.105. The van der Waals surface area contributed by atoms with Crippen LogP contribution in [-0.4, -0.2) is 33.3 Å². The number of piperidine rings is 1. The minimum Gasteiger partial charge on any atom is -0.605 e. The number of carbonyl (C=O) groups is 1. The number of hydroxylamine groups is 2. The van der Waals surface area contributed by atoms with Crippen LogP contribution >= 0.6 is 0 Å². The van der Waals surface area contributed by atoms with Gasteiger partial charge in [0, 0.05) is 19.8 Å². The highest BCUT2D eigenvalue weighted by molar-refractivity contribution is 5.72. The van der Waals surface area contributed by atoms with Crippen LogP contribution in [0.1, 0.15) is 73.6 Å². The van der Waals surface area contributed by atoms with Crippen molar-refractivity contribution in [2.24, 2.45) is 0 Å². The summed E-state index contributed by atoms with van der Waals surface area (Å²) in [6.07, 6.45) is 4.67. The van der Waals surface area contributed by atoms with Crippen molar-refractivity contribution in [2.45, 2.75) is 84.7 Å². The van der Waals surface area contributed by atoms with E-state index in [2.05, 4.69) is 6.92 Å².